The Bertz CT molecular complexity index is 338. The maximum atomic E-state index is 5.21. The number of nitrogens with zero attached hydrogens (tertiary/aromatic N) is 1. The first-order valence-corrected chi connectivity index (χ1v) is 5.17. The van der Waals surface area contributed by atoms with Crippen LogP contribution in [0.3, 0.4) is 0 Å². The van der Waals surface area contributed by atoms with Gasteiger partial charge in [0.1, 0.15) is 5.75 Å². The molecule has 0 aromatic heterocycles. The summed E-state index contributed by atoms with van der Waals surface area (Å²) in [6, 6.07) is 6.39. The van der Waals surface area contributed by atoms with E-state index >= 15 is 0 Å². The van der Waals surface area contributed by atoms with Crippen molar-refractivity contribution in [2.24, 2.45) is 0 Å². The minimum Gasteiger partial charge on any atom is -0.497 e. The Morgan fingerprint density at radius 1 is 1.40 bits per heavy atom. The van der Waals surface area contributed by atoms with E-state index < -0.39 is 0 Å². The van der Waals surface area contributed by atoms with Crippen LogP contribution >= 0.6 is 0 Å². The molecule has 1 atom stereocenters. The first-order chi connectivity index (χ1) is 7.35. The minimum absolute atomic E-state index is 0.199. The van der Waals surface area contributed by atoms with E-state index in [1.54, 1.807) is 14.2 Å². The van der Waals surface area contributed by atoms with Gasteiger partial charge in [-0.05, 0) is 29.7 Å². The van der Waals surface area contributed by atoms with Gasteiger partial charge in [0.25, 0.3) is 0 Å². The largest absolute Gasteiger partial charge is 0.497 e. The van der Waals surface area contributed by atoms with Crippen LogP contribution in [0, 0.1) is 0 Å². The predicted molar refractivity (Wildman–Crippen MR) is 58.3 cm³/mol. The van der Waals surface area contributed by atoms with E-state index in [9.17, 15) is 0 Å². The van der Waals surface area contributed by atoms with Crippen LogP contribution in [0.4, 0.5) is 0 Å². The van der Waals surface area contributed by atoms with Gasteiger partial charge in [0, 0.05) is 13.7 Å². The van der Waals surface area contributed by atoms with Gasteiger partial charge in [0.2, 0.25) is 0 Å². The number of hydrogen-bond acceptors (Lipinski definition) is 2. The quantitative estimate of drug-likeness (QED) is 0.751. The van der Waals surface area contributed by atoms with Crippen molar-refractivity contribution >= 4 is 0 Å². The molecule has 15 heavy (non-hydrogen) atoms. The predicted octanol–water partition coefficient (Wildman–Crippen LogP) is 1.54. The summed E-state index contributed by atoms with van der Waals surface area (Å²) in [5.41, 5.74) is 2.62. The summed E-state index contributed by atoms with van der Waals surface area (Å²) in [5.74, 6) is 0.923. The fourth-order valence-electron chi connectivity index (χ4n) is 1.99. The third-order valence-corrected chi connectivity index (χ3v) is 2.76. The smallest absolute Gasteiger partial charge is 0.119 e. The maximum absolute atomic E-state index is 5.21. The number of hydrogen-bond donors (Lipinski definition) is 0. The molecule has 0 saturated carbocycles. The molecule has 0 aliphatic carbocycles. The zero-order chi connectivity index (χ0) is 10.7. The standard InChI is InChI=1S/C12H16NO2/c1-14-8-12-11-4-3-10(15-2)7-9(11)5-6-13-12/h3-4,7,12H,5-6,8H2,1-2H3. The zero-order valence-corrected chi connectivity index (χ0v) is 9.19. The molecule has 1 unspecified atom stereocenters. The van der Waals surface area contributed by atoms with E-state index in [0.717, 1.165) is 18.7 Å². The Hall–Kier alpha value is -1.06. The van der Waals surface area contributed by atoms with Gasteiger partial charge < -0.3 is 9.47 Å². The van der Waals surface area contributed by atoms with E-state index in [0.29, 0.717) is 6.61 Å². The van der Waals surface area contributed by atoms with E-state index in [-0.39, 0.29) is 6.04 Å². The molecule has 0 N–H and O–H groups in total. The summed E-state index contributed by atoms with van der Waals surface area (Å²) in [4.78, 5) is 0. The molecule has 1 radical (unpaired) electrons. The SMILES string of the molecule is COCC1[N]CCc2cc(OC)ccc21. The molecule has 1 heterocycles. The highest BCUT2D eigenvalue weighted by Gasteiger charge is 2.20. The highest BCUT2D eigenvalue weighted by atomic mass is 16.5. The third kappa shape index (κ3) is 2.13. The Morgan fingerprint density at radius 3 is 3.00 bits per heavy atom. The average Bonchev–Trinajstić information content (AvgIpc) is 2.29. The molecule has 1 aliphatic heterocycles. The second-order valence-electron chi connectivity index (χ2n) is 3.69. The molecule has 0 spiro atoms. The van der Waals surface area contributed by atoms with Crippen LogP contribution in [0.2, 0.25) is 0 Å². The van der Waals surface area contributed by atoms with Gasteiger partial charge >= 0.3 is 0 Å². The first-order valence-electron chi connectivity index (χ1n) is 5.17. The molecule has 0 bridgehead atoms. The van der Waals surface area contributed by atoms with Crippen LogP contribution < -0.4 is 10.1 Å². The average molecular weight is 206 g/mol. The Balaban J connectivity index is 2.28. The number of rotatable bonds is 3. The van der Waals surface area contributed by atoms with Gasteiger partial charge in [-0.15, -0.1) is 0 Å². The topological polar surface area (TPSA) is 32.6 Å². The van der Waals surface area contributed by atoms with E-state index in [2.05, 4.69) is 17.4 Å². The minimum atomic E-state index is 0.199. The molecule has 0 saturated heterocycles. The summed E-state index contributed by atoms with van der Waals surface area (Å²) < 4.78 is 10.4. The summed E-state index contributed by atoms with van der Waals surface area (Å²) >= 11 is 0. The van der Waals surface area contributed by atoms with Gasteiger partial charge in [-0.25, -0.2) is 5.32 Å². The van der Waals surface area contributed by atoms with Crippen LogP contribution in [0.25, 0.3) is 0 Å². The lowest BCUT2D eigenvalue weighted by Gasteiger charge is -2.25. The molecular formula is C12H16NO2. The Kier molecular flexibility index (Phi) is 3.23. The van der Waals surface area contributed by atoms with Gasteiger partial charge in [0.05, 0.1) is 19.8 Å². The van der Waals surface area contributed by atoms with Crippen LogP contribution in [-0.2, 0) is 11.2 Å². The van der Waals surface area contributed by atoms with E-state index in [1.807, 2.05) is 6.07 Å². The lowest BCUT2D eigenvalue weighted by molar-refractivity contribution is 0.162. The molecule has 0 amide bonds. The van der Waals surface area contributed by atoms with Crippen molar-refractivity contribution in [1.29, 1.82) is 0 Å². The van der Waals surface area contributed by atoms with Crippen molar-refractivity contribution in [3.8, 4) is 5.75 Å². The maximum Gasteiger partial charge on any atom is 0.119 e. The molecule has 1 aromatic rings. The summed E-state index contributed by atoms with van der Waals surface area (Å²) in [5, 5.41) is 4.55. The number of benzene rings is 1. The first kappa shape index (κ1) is 10.5. The van der Waals surface area contributed by atoms with E-state index in [1.165, 1.54) is 11.1 Å². The van der Waals surface area contributed by atoms with Gasteiger partial charge in [-0.2, -0.15) is 0 Å². The highest BCUT2D eigenvalue weighted by molar-refractivity contribution is 5.39. The summed E-state index contributed by atoms with van der Waals surface area (Å²) in [6.45, 7) is 1.55. The van der Waals surface area contributed by atoms with Crippen molar-refractivity contribution < 1.29 is 9.47 Å². The lowest BCUT2D eigenvalue weighted by Crippen LogP contribution is -2.27. The number of fused-ring (bicyclic) bond motifs is 1. The van der Waals surface area contributed by atoms with Crippen molar-refractivity contribution in [1.82, 2.24) is 5.32 Å². The molecule has 2 rings (SSSR count). The lowest BCUT2D eigenvalue weighted by atomic mass is 9.94. The second-order valence-corrected chi connectivity index (χ2v) is 3.69. The van der Waals surface area contributed by atoms with Crippen molar-refractivity contribution in [2.75, 3.05) is 27.4 Å². The molecule has 3 nitrogen and oxygen atoms in total. The molecule has 0 fully saturated rings. The fraction of sp³-hybridized carbons (Fsp3) is 0.500. The van der Waals surface area contributed by atoms with Crippen LogP contribution in [0.15, 0.2) is 18.2 Å². The van der Waals surface area contributed by atoms with Gasteiger partial charge in [-0.1, -0.05) is 6.07 Å². The molecule has 81 valence electrons. The van der Waals surface area contributed by atoms with Crippen molar-refractivity contribution in [3.63, 3.8) is 0 Å². The van der Waals surface area contributed by atoms with Gasteiger partial charge in [0.15, 0.2) is 0 Å². The van der Waals surface area contributed by atoms with Crippen molar-refractivity contribution in [2.45, 2.75) is 12.5 Å². The summed E-state index contributed by atoms with van der Waals surface area (Å²) in [6.07, 6.45) is 1.01. The molecule has 1 aliphatic rings. The Morgan fingerprint density at radius 2 is 2.27 bits per heavy atom. The third-order valence-electron chi connectivity index (χ3n) is 2.76. The highest BCUT2D eigenvalue weighted by Crippen LogP contribution is 2.27. The monoisotopic (exact) mass is 206 g/mol. The molecule has 1 aromatic carbocycles. The van der Waals surface area contributed by atoms with E-state index in [4.69, 9.17) is 9.47 Å². The van der Waals surface area contributed by atoms with Crippen LogP contribution in [-0.4, -0.2) is 27.4 Å². The zero-order valence-electron chi connectivity index (χ0n) is 9.19. The number of methoxy groups -OCH3 is 2. The Labute approximate surface area is 90.4 Å². The van der Waals surface area contributed by atoms with Crippen molar-refractivity contribution in [3.05, 3.63) is 29.3 Å². The van der Waals surface area contributed by atoms with Crippen LogP contribution in [0.5, 0.6) is 5.75 Å². The normalized spacial score (nSPS) is 19.7. The fourth-order valence-corrected chi connectivity index (χ4v) is 1.99. The summed E-state index contributed by atoms with van der Waals surface area (Å²) in [7, 11) is 3.41. The van der Waals surface area contributed by atoms with Crippen LogP contribution in [0.1, 0.15) is 17.2 Å². The number of ether oxygens (including phenoxy) is 2. The molecule has 3 heteroatoms. The van der Waals surface area contributed by atoms with Gasteiger partial charge in [-0.3, -0.25) is 0 Å². The molecular weight excluding hydrogens is 190 g/mol. The second kappa shape index (κ2) is 4.64.